The Kier molecular flexibility index (Phi) is 5.53. The van der Waals surface area contributed by atoms with Crippen LogP contribution in [0.2, 0.25) is 0 Å². The summed E-state index contributed by atoms with van der Waals surface area (Å²) >= 11 is 1.73. The molecule has 0 bridgehead atoms. The first-order valence-corrected chi connectivity index (χ1v) is 8.81. The lowest BCUT2D eigenvalue weighted by atomic mass is 10.2. The number of aliphatic imine (C=N–C) groups is 1. The molecule has 0 aliphatic rings. The van der Waals surface area contributed by atoms with Crippen LogP contribution in [0.25, 0.3) is 0 Å². The maximum absolute atomic E-state index is 4.49. The summed E-state index contributed by atoms with van der Waals surface area (Å²) in [6.45, 7) is 0. The van der Waals surface area contributed by atoms with E-state index in [9.17, 15) is 0 Å². The van der Waals surface area contributed by atoms with Gasteiger partial charge in [-0.05, 0) is 60.4 Å². The lowest BCUT2D eigenvalue weighted by Crippen LogP contribution is -1.79. The quantitative estimate of drug-likeness (QED) is 0.296. The number of hydrogen-bond donors (Lipinski definition) is 0. The van der Waals surface area contributed by atoms with Gasteiger partial charge in [0.2, 0.25) is 0 Å². The summed E-state index contributed by atoms with van der Waals surface area (Å²) in [5.74, 6) is 0. The minimum absolute atomic E-state index is 0.808. The third-order valence-electron chi connectivity index (χ3n) is 3.37. The normalized spacial score (nSPS) is 11.4. The second-order valence-corrected chi connectivity index (χ2v) is 5.96. The first-order chi connectivity index (χ1) is 11.8. The van der Waals surface area contributed by atoms with Crippen LogP contribution in [-0.4, -0.2) is 12.5 Å². The van der Waals surface area contributed by atoms with E-state index in [4.69, 9.17) is 0 Å². The van der Waals surface area contributed by atoms with Gasteiger partial charge in [-0.2, -0.15) is 10.2 Å². The first-order valence-electron chi connectivity index (χ1n) is 7.58. The van der Waals surface area contributed by atoms with Gasteiger partial charge in [0.05, 0.1) is 17.1 Å². The molecule has 0 saturated heterocycles. The summed E-state index contributed by atoms with van der Waals surface area (Å²) in [6.07, 6.45) is 3.93. The van der Waals surface area contributed by atoms with Crippen LogP contribution in [0.3, 0.4) is 0 Å². The van der Waals surface area contributed by atoms with Crippen LogP contribution in [0, 0.1) is 0 Å². The van der Waals surface area contributed by atoms with Gasteiger partial charge in [0.25, 0.3) is 0 Å². The van der Waals surface area contributed by atoms with Gasteiger partial charge in [-0.15, -0.1) is 11.8 Å². The summed E-state index contributed by atoms with van der Waals surface area (Å²) in [5.41, 5.74) is 3.62. The second kappa shape index (κ2) is 8.22. The van der Waals surface area contributed by atoms with Crippen molar-refractivity contribution in [1.29, 1.82) is 0 Å². The molecule has 0 amide bonds. The van der Waals surface area contributed by atoms with Gasteiger partial charge >= 0.3 is 0 Å². The molecule has 0 aliphatic carbocycles. The summed E-state index contributed by atoms with van der Waals surface area (Å²) in [7, 11) is 0. The predicted octanol–water partition coefficient (Wildman–Crippen LogP) is 6.57. The fourth-order valence-corrected chi connectivity index (χ4v) is 2.46. The highest BCUT2D eigenvalue weighted by atomic mass is 32.2. The molecule has 0 spiro atoms. The van der Waals surface area contributed by atoms with Gasteiger partial charge in [0.15, 0.2) is 0 Å². The largest absolute Gasteiger partial charge is 0.256 e. The Morgan fingerprint density at radius 1 is 0.667 bits per heavy atom. The fraction of sp³-hybridized carbons (Fsp3) is 0.0500. The molecular formula is C20H17N3S. The Bertz CT molecular complexity index is 823. The van der Waals surface area contributed by atoms with Crippen molar-refractivity contribution in [3.8, 4) is 0 Å². The van der Waals surface area contributed by atoms with Crippen LogP contribution in [0.15, 0.2) is 99.0 Å². The van der Waals surface area contributed by atoms with Crippen LogP contribution in [0.4, 0.5) is 17.1 Å². The van der Waals surface area contributed by atoms with Gasteiger partial charge in [-0.1, -0.05) is 30.3 Å². The molecule has 3 rings (SSSR count). The molecule has 0 saturated carbocycles. The van der Waals surface area contributed by atoms with Crippen molar-refractivity contribution >= 4 is 35.0 Å². The molecule has 118 valence electrons. The van der Waals surface area contributed by atoms with E-state index in [0.29, 0.717) is 0 Å². The molecule has 0 aromatic heterocycles. The van der Waals surface area contributed by atoms with Gasteiger partial charge in [0.1, 0.15) is 0 Å². The van der Waals surface area contributed by atoms with E-state index < -0.39 is 0 Å². The standard InChI is InChI=1S/C20H17N3S/c1-24-20-13-7-16(8-14-20)15-21-17-9-11-19(12-10-17)23-22-18-5-3-2-4-6-18/h2-15H,1H3. The Morgan fingerprint density at radius 2 is 1.25 bits per heavy atom. The highest BCUT2D eigenvalue weighted by molar-refractivity contribution is 7.98. The number of azo groups is 1. The van der Waals surface area contributed by atoms with Crippen LogP contribution in [-0.2, 0) is 0 Å². The Morgan fingerprint density at radius 3 is 1.88 bits per heavy atom. The zero-order valence-electron chi connectivity index (χ0n) is 13.3. The van der Waals surface area contributed by atoms with E-state index in [2.05, 4.69) is 45.7 Å². The molecule has 0 radical (unpaired) electrons. The molecule has 0 aliphatic heterocycles. The van der Waals surface area contributed by atoms with Gasteiger partial charge in [0, 0.05) is 11.1 Å². The maximum Gasteiger partial charge on any atom is 0.0858 e. The van der Waals surface area contributed by atoms with Crippen LogP contribution < -0.4 is 0 Å². The number of hydrogen-bond acceptors (Lipinski definition) is 4. The average Bonchev–Trinajstić information content (AvgIpc) is 2.67. The molecular weight excluding hydrogens is 314 g/mol. The summed E-state index contributed by atoms with van der Waals surface area (Å²) < 4.78 is 0. The third kappa shape index (κ3) is 4.64. The molecule has 0 atom stereocenters. The minimum atomic E-state index is 0.808. The van der Waals surface area contributed by atoms with Crippen molar-refractivity contribution in [2.75, 3.05) is 6.26 Å². The SMILES string of the molecule is CSc1ccc(C=Nc2ccc(N=Nc3ccccc3)cc2)cc1. The van der Waals surface area contributed by atoms with E-state index in [1.165, 1.54) is 4.90 Å². The molecule has 3 nitrogen and oxygen atoms in total. The molecule has 0 fully saturated rings. The van der Waals surface area contributed by atoms with Gasteiger partial charge in [-0.3, -0.25) is 4.99 Å². The number of nitrogens with zero attached hydrogens (tertiary/aromatic N) is 3. The Balaban J connectivity index is 1.65. The zero-order valence-corrected chi connectivity index (χ0v) is 14.1. The maximum atomic E-state index is 4.49. The highest BCUT2D eigenvalue weighted by Crippen LogP contribution is 2.21. The molecule has 0 N–H and O–H groups in total. The number of thioether (sulfide) groups is 1. The van der Waals surface area contributed by atoms with Crippen LogP contribution in [0.1, 0.15) is 5.56 Å². The number of rotatable bonds is 5. The van der Waals surface area contributed by atoms with E-state index in [0.717, 1.165) is 22.6 Å². The smallest absolute Gasteiger partial charge is 0.0858 e. The van der Waals surface area contributed by atoms with Crippen LogP contribution >= 0.6 is 11.8 Å². The van der Waals surface area contributed by atoms with Crippen LogP contribution in [0.5, 0.6) is 0 Å². The van der Waals surface area contributed by atoms with Gasteiger partial charge in [-0.25, -0.2) is 0 Å². The van der Waals surface area contributed by atoms with Crippen molar-refractivity contribution in [2.45, 2.75) is 4.90 Å². The topological polar surface area (TPSA) is 37.1 Å². The van der Waals surface area contributed by atoms with E-state index in [1.807, 2.05) is 60.8 Å². The molecule has 4 heteroatoms. The monoisotopic (exact) mass is 331 g/mol. The molecule has 3 aromatic rings. The Hall–Kier alpha value is -2.72. The van der Waals surface area contributed by atoms with Crippen molar-refractivity contribution < 1.29 is 0 Å². The predicted molar refractivity (Wildman–Crippen MR) is 103 cm³/mol. The molecule has 3 aromatic carbocycles. The summed E-state index contributed by atoms with van der Waals surface area (Å²) in [6, 6.07) is 25.7. The Labute approximate surface area is 146 Å². The highest BCUT2D eigenvalue weighted by Gasteiger charge is 1.93. The van der Waals surface area contributed by atoms with Gasteiger partial charge < -0.3 is 0 Å². The van der Waals surface area contributed by atoms with E-state index >= 15 is 0 Å². The minimum Gasteiger partial charge on any atom is -0.256 e. The third-order valence-corrected chi connectivity index (χ3v) is 4.11. The van der Waals surface area contributed by atoms with E-state index in [-0.39, 0.29) is 0 Å². The molecule has 0 heterocycles. The van der Waals surface area contributed by atoms with E-state index in [1.54, 1.807) is 11.8 Å². The fourth-order valence-electron chi connectivity index (χ4n) is 2.05. The zero-order chi connectivity index (χ0) is 16.6. The average molecular weight is 331 g/mol. The summed E-state index contributed by atoms with van der Waals surface area (Å²) in [4.78, 5) is 5.74. The lowest BCUT2D eigenvalue weighted by Gasteiger charge is -1.98. The summed E-state index contributed by atoms with van der Waals surface area (Å²) in [5, 5.41) is 8.43. The molecule has 24 heavy (non-hydrogen) atoms. The lowest BCUT2D eigenvalue weighted by molar-refractivity contribution is 1.23. The first kappa shape index (κ1) is 16.1. The number of benzene rings is 3. The van der Waals surface area contributed by atoms with Crippen molar-refractivity contribution in [2.24, 2.45) is 15.2 Å². The molecule has 0 unspecified atom stereocenters. The van der Waals surface area contributed by atoms with Crippen molar-refractivity contribution in [3.63, 3.8) is 0 Å². The van der Waals surface area contributed by atoms with Crippen molar-refractivity contribution in [3.05, 3.63) is 84.4 Å². The van der Waals surface area contributed by atoms with Crippen molar-refractivity contribution in [1.82, 2.24) is 0 Å². The second-order valence-electron chi connectivity index (χ2n) is 5.08.